The maximum absolute atomic E-state index is 4.46. The van der Waals surface area contributed by atoms with Gasteiger partial charge in [-0.05, 0) is 56.3 Å². The zero-order chi connectivity index (χ0) is 17.5. The smallest absolute Gasteiger partial charge is 0.129 e. The molecule has 0 spiro atoms. The number of hydrogen-bond acceptors (Lipinski definition) is 4. The topological polar surface area (TPSA) is 55.1 Å². The van der Waals surface area contributed by atoms with Crippen molar-refractivity contribution in [1.82, 2.24) is 15.0 Å². The van der Waals surface area contributed by atoms with Crippen LogP contribution in [0.3, 0.4) is 0 Å². The second-order valence-corrected chi connectivity index (χ2v) is 8.85. The Kier molecular flexibility index (Phi) is 4.84. The molecular weight excluding hydrogens is 434 g/mol. The van der Waals surface area contributed by atoms with Crippen LogP contribution in [0.2, 0.25) is 0 Å². The molecular formula is C17H21Br2N5. The second-order valence-electron chi connectivity index (χ2n) is 7.31. The van der Waals surface area contributed by atoms with Gasteiger partial charge in [-0.2, -0.15) is 0 Å². The number of benzene rings is 1. The van der Waals surface area contributed by atoms with Gasteiger partial charge in [-0.1, -0.05) is 32.1 Å². The summed E-state index contributed by atoms with van der Waals surface area (Å²) in [5, 5.41) is 12.1. The average Bonchev–Trinajstić information content (AvgIpc) is 3.00. The van der Waals surface area contributed by atoms with Crippen LogP contribution < -0.4 is 5.32 Å². The number of aromatic nitrogens is 3. The highest BCUT2D eigenvalue weighted by Gasteiger charge is 2.18. The summed E-state index contributed by atoms with van der Waals surface area (Å²) in [4.78, 5) is 4.46. The van der Waals surface area contributed by atoms with Crippen LogP contribution >= 0.6 is 31.9 Å². The molecule has 2 heterocycles. The number of halogens is 2. The van der Waals surface area contributed by atoms with E-state index in [1.165, 1.54) is 5.57 Å². The first-order valence-electron chi connectivity index (χ1n) is 7.94. The van der Waals surface area contributed by atoms with E-state index in [4.69, 9.17) is 0 Å². The molecule has 128 valence electrons. The Balaban J connectivity index is 1.82. The second kappa shape index (κ2) is 6.59. The van der Waals surface area contributed by atoms with Crippen molar-refractivity contribution in [2.24, 2.45) is 10.4 Å². The van der Waals surface area contributed by atoms with Gasteiger partial charge in [0.15, 0.2) is 0 Å². The van der Waals surface area contributed by atoms with Gasteiger partial charge in [0.05, 0.1) is 21.7 Å². The van der Waals surface area contributed by atoms with E-state index in [9.17, 15) is 0 Å². The lowest BCUT2D eigenvalue weighted by Gasteiger charge is -2.18. The Morgan fingerprint density at radius 1 is 1.25 bits per heavy atom. The number of hydrogen-bond donors (Lipinski definition) is 1. The van der Waals surface area contributed by atoms with E-state index >= 15 is 0 Å². The Bertz CT molecular complexity index is 829. The van der Waals surface area contributed by atoms with E-state index < -0.39 is 0 Å². The van der Waals surface area contributed by atoms with Crippen LogP contribution in [-0.4, -0.2) is 32.2 Å². The molecule has 24 heavy (non-hydrogen) atoms. The minimum absolute atomic E-state index is 0.154. The van der Waals surface area contributed by atoms with Crippen molar-refractivity contribution in [1.29, 1.82) is 0 Å². The molecule has 1 unspecified atom stereocenters. The number of nitrogens with one attached hydrogen (secondary N) is 1. The summed E-state index contributed by atoms with van der Waals surface area (Å²) in [6, 6.07) is 4.38. The van der Waals surface area contributed by atoms with Crippen LogP contribution in [0.4, 0.5) is 5.69 Å². The van der Waals surface area contributed by atoms with Gasteiger partial charge >= 0.3 is 0 Å². The highest BCUT2D eigenvalue weighted by molar-refractivity contribution is 9.18. The minimum Gasteiger partial charge on any atom is -0.380 e. The van der Waals surface area contributed by atoms with Crippen molar-refractivity contribution in [2.75, 3.05) is 11.9 Å². The molecule has 1 aliphatic rings. The van der Waals surface area contributed by atoms with Crippen molar-refractivity contribution in [3.63, 3.8) is 0 Å². The summed E-state index contributed by atoms with van der Waals surface area (Å²) in [6.07, 6.45) is 2.16. The van der Waals surface area contributed by atoms with Gasteiger partial charge in [0, 0.05) is 18.7 Å². The van der Waals surface area contributed by atoms with Crippen LogP contribution in [0.1, 0.15) is 27.7 Å². The molecule has 0 saturated heterocycles. The number of rotatable bonds is 4. The minimum atomic E-state index is 0.154. The van der Waals surface area contributed by atoms with E-state index in [2.05, 4.69) is 98.4 Å². The molecule has 0 aliphatic carbocycles. The number of anilines is 1. The van der Waals surface area contributed by atoms with E-state index in [0.717, 1.165) is 32.4 Å². The normalized spacial score (nSPS) is 18.0. The van der Waals surface area contributed by atoms with Crippen LogP contribution in [0.15, 0.2) is 33.2 Å². The molecule has 7 heteroatoms. The maximum Gasteiger partial charge on any atom is 0.129 e. The summed E-state index contributed by atoms with van der Waals surface area (Å²) in [5.41, 5.74) is 4.25. The quantitative estimate of drug-likeness (QED) is 0.723. The maximum atomic E-state index is 4.46. The van der Waals surface area contributed by atoms with Crippen LogP contribution in [-0.2, 0) is 6.54 Å². The molecule has 3 rings (SSSR count). The summed E-state index contributed by atoms with van der Waals surface area (Å²) < 4.78 is 3.84. The van der Waals surface area contributed by atoms with Crippen LogP contribution in [0.25, 0.3) is 11.0 Å². The lowest BCUT2D eigenvalue weighted by atomic mass is 9.97. The summed E-state index contributed by atoms with van der Waals surface area (Å²) in [6.45, 7) is 10.2. The molecule has 1 aliphatic heterocycles. The zero-order valence-corrected chi connectivity index (χ0v) is 17.4. The molecule has 1 aromatic carbocycles. The van der Waals surface area contributed by atoms with Gasteiger partial charge < -0.3 is 5.32 Å². The summed E-state index contributed by atoms with van der Waals surface area (Å²) >= 11 is 7.18. The van der Waals surface area contributed by atoms with Gasteiger partial charge in [-0.3, -0.25) is 4.99 Å². The molecule has 1 aromatic heterocycles. The van der Waals surface area contributed by atoms with Gasteiger partial charge in [0.2, 0.25) is 0 Å². The Morgan fingerprint density at radius 2 is 2.00 bits per heavy atom. The largest absolute Gasteiger partial charge is 0.380 e. The number of fused-ring (bicyclic) bond motifs is 1. The molecule has 0 amide bonds. The molecule has 5 nitrogen and oxygen atoms in total. The van der Waals surface area contributed by atoms with Crippen molar-refractivity contribution < 1.29 is 0 Å². The third-order valence-corrected chi connectivity index (χ3v) is 5.26. The van der Waals surface area contributed by atoms with Gasteiger partial charge in [-0.15, -0.1) is 5.10 Å². The third kappa shape index (κ3) is 3.72. The van der Waals surface area contributed by atoms with Crippen molar-refractivity contribution in [3.05, 3.63) is 28.3 Å². The zero-order valence-electron chi connectivity index (χ0n) is 14.3. The van der Waals surface area contributed by atoms with E-state index in [-0.39, 0.29) is 11.5 Å². The first kappa shape index (κ1) is 17.6. The highest BCUT2D eigenvalue weighted by atomic mass is 79.9. The summed E-state index contributed by atoms with van der Waals surface area (Å²) in [7, 11) is 0. The molecule has 1 atom stereocenters. The van der Waals surface area contributed by atoms with Crippen LogP contribution in [0.5, 0.6) is 0 Å². The van der Waals surface area contributed by atoms with Crippen LogP contribution in [0, 0.1) is 5.41 Å². The highest BCUT2D eigenvalue weighted by Crippen LogP contribution is 2.31. The lowest BCUT2D eigenvalue weighted by molar-refractivity contribution is 0.327. The van der Waals surface area contributed by atoms with Gasteiger partial charge in [0.25, 0.3) is 0 Å². The predicted molar refractivity (Wildman–Crippen MR) is 107 cm³/mol. The Labute approximate surface area is 158 Å². The average molecular weight is 455 g/mol. The molecule has 2 aromatic rings. The Morgan fingerprint density at radius 3 is 2.62 bits per heavy atom. The fourth-order valence-corrected chi connectivity index (χ4v) is 3.84. The van der Waals surface area contributed by atoms with Gasteiger partial charge in [0.1, 0.15) is 10.1 Å². The molecule has 0 radical (unpaired) electrons. The Hall–Kier alpha value is -1.21. The fourth-order valence-electron chi connectivity index (χ4n) is 2.69. The monoisotopic (exact) mass is 453 g/mol. The first-order valence-corrected chi connectivity index (χ1v) is 9.53. The molecule has 0 fully saturated rings. The van der Waals surface area contributed by atoms with Crippen molar-refractivity contribution >= 4 is 53.2 Å². The standard InChI is InChI=1S/C17H21Br2N5/c1-10-7-11(16(19)21-10)8-20-12-5-6-13-15(14(12)18)22-23-24(13)9-17(2,3)4/h5-7,10,20H,8-9H2,1-4H3. The fraction of sp³-hybridized carbons (Fsp3) is 0.471. The van der Waals surface area contributed by atoms with Crippen molar-refractivity contribution in [2.45, 2.75) is 40.3 Å². The molecule has 0 bridgehead atoms. The van der Waals surface area contributed by atoms with Gasteiger partial charge in [-0.25, -0.2) is 4.68 Å². The van der Waals surface area contributed by atoms with E-state index in [0.29, 0.717) is 6.54 Å². The number of nitrogens with zero attached hydrogens (tertiary/aromatic N) is 4. The molecule has 0 saturated carbocycles. The predicted octanol–water partition coefficient (Wildman–Crippen LogP) is 4.77. The lowest BCUT2D eigenvalue weighted by Crippen LogP contribution is -2.16. The SMILES string of the molecule is CC1C=C(CNc2ccc3c(nnn3CC(C)(C)C)c2Br)C(Br)=N1. The first-order chi connectivity index (χ1) is 11.2. The van der Waals surface area contributed by atoms with E-state index in [1.54, 1.807) is 0 Å². The summed E-state index contributed by atoms with van der Waals surface area (Å²) in [5.74, 6) is 0. The number of aliphatic imine (C=N–C) groups is 1. The van der Waals surface area contributed by atoms with E-state index in [1.807, 2.05) is 4.68 Å². The molecule has 1 N–H and O–H groups in total. The third-order valence-electron chi connectivity index (χ3n) is 3.74. The van der Waals surface area contributed by atoms with Crippen molar-refractivity contribution in [3.8, 4) is 0 Å².